The highest BCUT2D eigenvalue weighted by Crippen LogP contribution is 2.29. The van der Waals surface area contributed by atoms with E-state index in [4.69, 9.17) is 0 Å². The van der Waals surface area contributed by atoms with Gasteiger partial charge in [-0.2, -0.15) is 0 Å². The number of hydrogen-bond donors (Lipinski definition) is 0. The molecule has 2 aliphatic heterocycles. The van der Waals surface area contributed by atoms with Crippen molar-refractivity contribution < 1.29 is 0 Å². The molecule has 2 fully saturated rings. The molecule has 0 bridgehead atoms. The molecule has 0 aromatic heterocycles. The summed E-state index contributed by atoms with van der Waals surface area (Å²) in [5, 5.41) is 0. The standard InChI is InChI=1S/C9H18N2/c1-3-11-6-8-4-10(2)5-9(8)7-11/h8-9H,3-7H2,1-2H3/t8-,9+. The molecule has 0 unspecified atom stereocenters. The minimum absolute atomic E-state index is 0.986. The third-order valence-electron chi connectivity index (χ3n) is 3.19. The fraction of sp³-hybridized carbons (Fsp3) is 1.00. The van der Waals surface area contributed by atoms with E-state index in [0.717, 1.165) is 11.8 Å². The molecule has 2 atom stereocenters. The van der Waals surface area contributed by atoms with Crippen LogP contribution < -0.4 is 0 Å². The minimum Gasteiger partial charge on any atom is -0.306 e. The summed E-state index contributed by atoms with van der Waals surface area (Å²) in [7, 11) is 2.24. The third kappa shape index (κ3) is 1.30. The predicted octanol–water partition coefficient (Wildman–Crippen LogP) is 0.500. The molecule has 2 heteroatoms. The summed E-state index contributed by atoms with van der Waals surface area (Å²) in [6.07, 6.45) is 0. The summed E-state index contributed by atoms with van der Waals surface area (Å²) >= 11 is 0. The van der Waals surface area contributed by atoms with Crippen molar-refractivity contribution in [2.24, 2.45) is 11.8 Å². The Kier molecular flexibility index (Phi) is 1.90. The molecule has 64 valence electrons. The largest absolute Gasteiger partial charge is 0.306 e. The lowest BCUT2D eigenvalue weighted by Crippen LogP contribution is -2.26. The quantitative estimate of drug-likeness (QED) is 0.542. The average molecular weight is 154 g/mol. The Hall–Kier alpha value is -0.0800. The van der Waals surface area contributed by atoms with Gasteiger partial charge in [-0.25, -0.2) is 0 Å². The molecule has 2 heterocycles. The Morgan fingerprint density at radius 2 is 1.64 bits per heavy atom. The van der Waals surface area contributed by atoms with Gasteiger partial charge in [0, 0.05) is 26.2 Å². The Balaban J connectivity index is 1.93. The van der Waals surface area contributed by atoms with Crippen molar-refractivity contribution in [2.45, 2.75) is 6.92 Å². The van der Waals surface area contributed by atoms with E-state index in [1.165, 1.54) is 32.7 Å². The van der Waals surface area contributed by atoms with E-state index in [1.54, 1.807) is 0 Å². The molecule has 0 saturated carbocycles. The first-order valence-corrected chi connectivity index (χ1v) is 4.70. The van der Waals surface area contributed by atoms with Gasteiger partial charge in [-0.15, -0.1) is 0 Å². The van der Waals surface area contributed by atoms with Crippen LogP contribution in [-0.4, -0.2) is 49.6 Å². The van der Waals surface area contributed by atoms with E-state index in [9.17, 15) is 0 Å². The molecule has 2 saturated heterocycles. The van der Waals surface area contributed by atoms with Gasteiger partial charge in [0.15, 0.2) is 0 Å². The summed E-state index contributed by atoms with van der Waals surface area (Å²) in [5.74, 6) is 1.97. The molecule has 2 rings (SSSR count). The second kappa shape index (κ2) is 2.76. The highest BCUT2D eigenvalue weighted by Gasteiger charge is 2.37. The van der Waals surface area contributed by atoms with Crippen LogP contribution >= 0.6 is 0 Å². The molecule has 0 amide bonds. The number of hydrogen-bond acceptors (Lipinski definition) is 2. The van der Waals surface area contributed by atoms with Gasteiger partial charge < -0.3 is 9.80 Å². The second-order valence-electron chi connectivity index (χ2n) is 4.09. The van der Waals surface area contributed by atoms with Crippen molar-refractivity contribution in [3.63, 3.8) is 0 Å². The monoisotopic (exact) mass is 154 g/mol. The van der Waals surface area contributed by atoms with Gasteiger partial charge >= 0.3 is 0 Å². The maximum Gasteiger partial charge on any atom is 0.00255 e. The molecule has 0 aliphatic carbocycles. The fourth-order valence-electron chi connectivity index (χ4n) is 2.58. The minimum atomic E-state index is 0.986. The number of fused-ring (bicyclic) bond motifs is 1. The average Bonchev–Trinajstić information content (AvgIpc) is 2.43. The van der Waals surface area contributed by atoms with Gasteiger partial charge in [0.2, 0.25) is 0 Å². The van der Waals surface area contributed by atoms with Gasteiger partial charge in [-0.05, 0) is 25.4 Å². The molecule has 0 spiro atoms. The highest BCUT2D eigenvalue weighted by atomic mass is 15.2. The van der Waals surface area contributed by atoms with Gasteiger partial charge in [0.25, 0.3) is 0 Å². The second-order valence-corrected chi connectivity index (χ2v) is 4.09. The molecule has 0 N–H and O–H groups in total. The fourth-order valence-corrected chi connectivity index (χ4v) is 2.58. The van der Waals surface area contributed by atoms with Crippen LogP contribution in [0.15, 0.2) is 0 Å². The Morgan fingerprint density at radius 3 is 2.09 bits per heavy atom. The molecule has 2 aliphatic rings. The van der Waals surface area contributed by atoms with E-state index >= 15 is 0 Å². The summed E-state index contributed by atoms with van der Waals surface area (Å²) in [4.78, 5) is 5.06. The lowest BCUT2D eigenvalue weighted by Gasteiger charge is -2.16. The van der Waals surface area contributed by atoms with Crippen molar-refractivity contribution in [1.82, 2.24) is 9.80 Å². The molecular formula is C9H18N2. The van der Waals surface area contributed by atoms with Gasteiger partial charge in [0.05, 0.1) is 0 Å². The maximum absolute atomic E-state index is 2.59. The Morgan fingerprint density at radius 1 is 1.09 bits per heavy atom. The number of nitrogens with zero attached hydrogens (tertiary/aromatic N) is 2. The van der Waals surface area contributed by atoms with E-state index in [2.05, 4.69) is 23.8 Å². The smallest absolute Gasteiger partial charge is 0.00255 e. The van der Waals surface area contributed by atoms with E-state index in [1.807, 2.05) is 0 Å². The Bertz CT molecular complexity index is 132. The molecular weight excluding hydrogens is 136 g/mol. The van der Waals surface area contributed by atoms with Crippen LogP contribution in [0.2, 0.25) is 0 Å². The SMILES string of the molecule is CCN1C[C@H]2CN(C)C[C@H]2C1. The number of rotatable bonds is 1. The maximum atomic E-state index is 2.59. The van der Waals surface area contributed by atoms with E-state index in [-0.39, 0.29) is 0 Å². The van der Waals surface area contributed by atoms with Crippen LogP contribution in [0.25, 0.3) is 0 Å². The summed E-state index contributed by atoms with van der Waals surface area (Å²) in [6, 6.07) is 0. The van der Waals surface area contributed by atoms with Crippen molar-refractivity contribution in [1.29, 1.82) is 0 Å². The Labute approximate surface area is 69.2 Å². The van der Waals surface area contributed by atoms with Gasteiger partial charge in [-0.1, -0.05) is 6.92 Å². The topological polar surface area (TPSA) is 6.48 Å². The van der Waals surface area contributed by atoms with Crippen molar-refractivity contribution in [3.05, 3.63) is 0 Å². The number of likely N-dealkylation sites (tertiary alicyclic amines) is 2. The summed E-state index contributed by atoms with van der Waals surface area (Å²) < 4.78 is 0. The van der Waals surface area contributed by atoms with Crippen LogP contribution in [0.5, 0.6) is 0 Å². The lowest BCUT2D eigenvalue weighted by atomic mass is 10.0. The summed E-state index contributed by atoms with van der Waals surface area (Å²) in [6.45, 7) is 8.89. The zero-order chi connectivity index (χ0) is 7.84. The van der Waals surface area contributed by atoms with Crippen LogP contribution in [0.1, 0.15) is 6.92 Å². The first kappa shape index (κ1) is 7.56. The first-order valence-electron chi connectivity index (χ1n) is 4.70. The summed E-state index contributed by atoms with van der Waals surface area (Å²) in [5.41, 5.74) is 0. The first-order chi connectivity index (χ1) is 5.29. The van der Waals surface area contributed by atoms with Crippen LogP contribution in [0, 0.1) is 11.8 Å². The van der Waals surface area contributed by atoms with Gasteiger partial charge in [-0.3, -0.25) is 0 Å². The zero-order valence-electron chi connectivity index (χ0n) is 7.58. The van der Waals surface area contributed by atoms with E-state index < -0.39 is 0 Å². The third-order valence-corrected chi connectivity index (χ3v) is 3.19. The molecule has 11 heavy (non-hydrogen) atoms. The van der Waals surface area contributed by atoms with Crippen molar-refractivity contribution >= 4 is 0 Å². The normalized spacial score (nSPS) is 39.8. The zero-order valence-corrected chi connectivity index (χ0v) is 7.58. The molecule has 0 aromatic carbocycles. The van der Waals surface area contributed by atoms with Crippen LogP contribution in [-0.2, 0) is 0 Å². The van der Waals surface area contributed by atoms with Crippen molar-refractivity contribution in [2.75, 3.05) is 39.8 Å². The van der Waals surface area contributed by atoms with Crippen LogP contribution in [0.4, 0.5) is 0 Å². The van der Waals surface area contributed by atoms with Gasteiger partial charge in [0.1, 0.15) is 0 Å². The van der Waals surface area contributed by atoms with E-state index in [0.29, 0.717) is 0 Å². The highest BCUT2D eigenvalue weighted by molar-refractivity contribution is 4.91. The lowest BCUT2D eigenvalue weighted by molar-refractivity contribution is 0.289. The van der Waals surface area contributed by atoms with Crippen molar-refractivity contribution in [3.8, 4) is 0 Å². The molecule has 0 radical (unpaired) electrons. The predicted molar refractivity (Wildman–Crippen MR) is 46.6 cm³/mol. The molecule has 0 aromatic rings. The van der Waals surface area contributed by atoms with Crippen LogP contribution in [0.3, 0.4) is 0 Å². The molecule has 2 nitrogen and oxygen atoms in total.